The Bertz CT molecular complexity index is 963. The number of hydrogen-bond acceptors (Lipinski definition) is 3. The molecule has 0 aliphatic rings. The fourth-order valence-corrected chi connectivity index (χ4v) is 3.04. The zero-order valence-corrected chi connectivity index (χ0v) is 19.0. The highest BCUT2D eigenvalue weighted by atomic mass is 127. The Morgan fingerprint density at radius 1 is 1.03 bits per heavy atom. The lowest BCUT2D eigenvalue weighted by molar-refractivity contribution is -0.0504. The lowest BCUT2D eigenvalue weighted by atomic mass is 10.1. The Morgan fingerprint density at radius 3 is 2.60 bits per heavy atom. The number of alkyl halides is 2. The first kappa shape index (κ1) is 23.8. The smallest absolute Gasteiger partial charge is 0.387 e. The summed E-state index contributed by atoms with van der Waals surface area (Å²) in [6.45, 7) is 0.696. The molecule has 0 fully saturated rings. The lowest BCUT2D eigenvalue weighted by Gasteiger charge is -2.13. The molecule has 1 aromatic heterocycles. The number of rotatable bonds is 8. The molecule has 0 unspecified atom stereocenters. The van der Waals surface area contributed by atoms with Crippen molar-refractivity contribution in [3.8, 4) is 5.75 Å². The summed E-state index contributed by atoms with van der Waals surface area (Å²) < 4.78 is 29.7. The molecular weight excluding hydrogens is 501 g/mol. The third-order valence-corrected chi connectivity index (χ3v) is 4.34. The summed E-state index contributed by atoms with van der Waals surface area (Å²) in [4.78, 5) is 8.97. The summed E-state index contributed by atoms with van der Waals surface area (Å²) in [6.07, 6.45) is 2.58. The monoisotopic (exact) mass is 526 g/mol. The molecule has 0 spiro atoms. The quantitative estimate of drug-likeness (QED) is 0.253. The maximum absolute atomic E-state index is 12.6. The number of nitrogens with one attached hydrogen (secondary N) is 2. The Balaban J connectivity index is 0.00000320. The van der Waals surface area contributed by atoms with Gasteiger partial charge in [0.1, 0.15) is 5.75 Å². The fraction of sp³-hybridized carbons (Fsp3) is 0.273. The van der Waals surface area contributed by atoms with Crippen LogP contribution in [0.15, 0.2) is 65.8 Å². The van der Waals surface area contributed by atoms with E-state index in [0.717, 1.165) is 22.9 Å². The molecule has 1 heterocycles. The largest absolute Gasteiger partial charge is 0.434 e. The number of para-hydroxylation sites is 2. The molecule has 0 atom stereocenters. The van der Waals surface area contributed by atoms with Crippen molar-refractivity contribution in [2.24, 2.45) is 4.99 Å². The third-order valence-electron chi connectivity index (χ3n) is 4.34. The van der Waals surface area contributed by atoms with E-state index < -0.39 is 6.61 Å². The number of halogens is 3. The number of aliphatic imine (C=N–C) groups is 1. The van der Waals surface area contributed by atoms with Gasteiger partial charge in [-0.3, -0.25) is 4.98 Å². The van der Waals surface area contributed by atoms with Crippen LogP contribution in [0.2, 0.25) is 0 Å². The van der Waals surface area contributed by atoms with Crippen LogP contribution >= 0.6 is 24.0 Å². The molecule has 5 nitrogen and oxygen atoms in total. The van der Waals surface area contributed by atoms with Crippen LogP contribution in [0, 0.1) is 0 Å². The molecule has 0 aliphatic heterocycles. The minimum atomic E-state index is -2.86. The number of guanidine groups is 1. The van der Waals surface area contributed by atoms with Gasteiger partial charge in [-0.2, -0.15) is 8.78 Å². The second kappa shape index (κ2) is 12.3. The average molecular weight is 526 g/mol. The van der Waals surface area contributed by atoms with Gasteiger partial charge in [-0.15, -0.1) is 24.0 Å². The summed E-state index contributed by atoms with van der Waals surface area (Å²) in [5, 5.41) is 7.57. The van der Waals surface area contributed by atoms with E-state index in [9.17, 15) is 8.78 Å². The van der Waals surface area contributed by atoms with E-state index in [2.05, 4.69) is 31.4 Å². The highest BCUT2D eigenvalue weighted by molar-refractivity contribution is 14.0. The van der Waals surface area contributed by atoms with Gasteiger partial charge < -0.3 is 15.4 Å². The molecule has 160 valence electrons. The van der Waals surface area contributed by atoms with Crippen molar-refractivity contribution in [3.05, 3.63) is 71.9 Å². The highest BCUT2D eigenvalue weighted by Gasteiger charge is 2.09. The Morgan fingerprint density at radius 2 is 1.80 bits per heavy atom. The van der Waals surface area contributed by atoms with Crippen molar-refractivity contribution in [3.63, 3.8) is 0 Å². The number of hydrogen-bond donors (Lipinski definition) is 2. The zero-order valence-electron chi connectivity index (χ0n) is 16.6. The SMILES string of the molecule is CCNC(=NCc1ccccc1OC(F)F)NCCc1cccc2cccnc12.I. The molecule has 0 radical (unpaired) electrons. The molecule has 3 aromatic rings. The summed E-state index contributed by atoms with van der Waals surface area (Å²) in [5.74, 6) is 0.761. The first-order chi connectivity index (χ1) is 14.2. The average Bonchev–Trinajstić information content (AvgIpc) is 2.72. The van der Waals surface area contributed by atoms with Crippen LogP contribution in [0.1, 0.15) is 18.1 Å². The maximum Gasteiger partial charge on any atom is 0.387 e. The summed E-state index contributed by atoms with van der Waals surface area (Å²) in [6, 6.07) is 16.8. The molecule has 0 bridgehead atoms. The molecular formula is C22H25F2IN4O. The van der Waals surface area contributed by atoms with E-state index in [0.29, 0.717) is 24.6 Å². The zero-order chi connectivity index (χ0) is 20.5. The molecule has 30 heavy (non-hydrogen) atoms. The molecule has 2 N–H and O–H groups in total. The minimum Gasteiger partial charge on any atom is -0.434 e. The molecule has 0 amide bonds. The van der Waals surface area contributed by atoms with Crippen molar-refractivity contribution in [1.82, 2.24) is 15.6 Å². The van der Waals surface area contributed by atoms with Gasteiger partial charge in [0.05, 0.1) is 12.1 Å². The number of fused-ring (bicyclic) bond motifs is 1. The Hall–Kier alpha value is -2.49. The van der Waals surface area contributed by atoms with Gasteiger partial charge in [0.25, 0.3) is 0 Å². The maximum atomic E-state index is 12.6. The van der Waals surface area contributed by atoms with Gasteiger partial charge >= 0.3 is 6.61 Å². The number of ether oxygens (including phenoxy) is 1. The first-order valence-electron chi connectivity index (χ1n) is 9.55. The van der Waals surface area contributed by atoms with Crippen LogP contribution in [0.3, 0.4) is 0 Å². The van der Waals surface area contributed by atoms with Crippen molar-refractivity contribution >= 4 is 40.8 Å². The predicted octanol–water partition coefficient (Wildman–Crippen LogP) is 4.75. The van der Waals surface area contributed by atoms with E-state index in [1.54, 1.807) is 24.4 Å². The molecule has 0 saturated carbocycles. The van der Waals surface area contributed by atoms with E-state index in [1.807, 2.05) is 31.2 Å². The van der Waals surface area contributed by atoms with Gasteiger partial charge in [0.15, 0.2) is 5.96 Å². The van der Waals surface area contributed by atoms with Crippen molar-refractivity contribution in [2.75, 3.05) is 13.1 Å². The van der Waals surface area contributed by atoms with Gasteiger partial charge in [-0.05, 0) is 31.0 Å². The summed E-state index contributed by atoms with van der Waals surface area (Å²) in [5.41, 5.74) is 2.75. The van der Waals surface area contributed by atoms with Crippen LogP contribution in [0.4, 0.5) is 8.78 Å². The lowest BCUT2D eigenvalue weighted by Crippen LogP contribution is -2.38. The standard InChI is InChI=1S/C22H24F2N4O.HI/c1-2-25-22(28-15-18-7-3-4-11-19(18)29-21(23)24)27-14-12-17-9-5-8-16-10-6-13-26-20(16)17;/h3-11,13,21H,2,12,14-15H2,1H3,(H2,25,27,28);1H. The second-order valence-corrected chi connectivity index (χ2v) is 6.35. The normalized spacial score (nSPS) is 11.3. The van der Waals surface area contributed by atoms with Gasteiger partial charge in [0, 0.05) is 30.2 Å². The van der Waals surface area contributed by atoms with Gasteiger partial charge in [0.2, 0.25) is 0 Å². The highest BCUT2D eigenvalue weighted by Crippen LogP contribution is 2.21. The summed E-state index contributed by atoms with van der Waals surface area (Å²) in [7, 11) is 0. The van der Waals surface area contributed by atoms with Gasteiger partial charge in [-0.25, -0.2) is 4.99 Å². The van der Waals surface area contributed by atoms with Gasteiger partial charge in [-0.1, -0.05) is 42.5 Å². The molecule has 0 aliphatic carbocycles. The minimum absolute atomic E-state index is 0. The third kappa shape index (κ3) is 6.79. The van der Waals surface area contributed by atoms with Crippen molar-refractivity contribution in [2.45, 2.75) is 26.5 Å². The number of nitrogens with zero attached hydrogens (tertiary/aromatic N) is 2. The van der Waals surface area contributed by atoms with E-state index in [4.69, 9.17) is 0 Å². The van der Waals surface area contributed by atoms with Crippen LogP contribution in [-0.2, 0) is 13.0 Å². The fourth-order valence-electron chi connectivity index (χ4n) is 3.04. The van der Waals surface area contributed by atoms with E-state index in [-0.39, 0.29) is 36.3 Å². The molecule has 0 saturated heterocycles. The van der Waals surface area contributed by atoms with E-state index in [1.165, 1.54) is 6.07 Å². The van der Waals surface area contributed by atoms with Crippen LogP contribution in [0.25, 0.3) is 10.9 Å². The van der Waals surface area contributed by atoms with Crippen LogP contribution in [0.5, 0.6) is 5.75 Å². The first-order valence-corrected chi connectivity index (χ1v) is 9.55. The Labute approximate surface area is 192 Å². The number of aromatic nitrogens is 1. The number of pyridine rings is 1. The van der Waals surface area contributed by atoms with Crippen molar-refractivity contribution < 1.29 is 13.5 Å². The van der Waals surface area contributed by atoms with Crippen molar-refractivity contribution in [1.29, 1.82) is 0 Å². The second-order valence-electron chi connectivity index (χ2n) is 6.35. The predicted molar refractivity (Wildman–Crippen MR) is 127 cm³/mol. The van der Waals surface area contributed by atoms with E-state index >= 15 is 0 Å². The Kier molecular flexibility index (Phi) is 9.72. The summed E-state index contributed by atoms with van der Waals surface area (Å²) >= 11 is 0. The molecule has 2 aromatic carbocycles. The van der Waals surface area contributed by atoms with Crippen LogP contribution in [-0.4, -0.2) is 30.6 Å². The molecule has 3 rings (SSSR count). The van der Waals surface area contributed by atoms with Crippen LogP contribution < -0.4 is 15.4 Å². The molecule has 8 heteroatoms. The number of benzene rings is 2. The topological polar surface area (TPSA) is 58.5 Å².